The van der Waals surface area contributed by atoms with E-state index >= 15 is 0 Å². The highest BCUT2D eigenvalue weighted by Gasteiger charge is 2.26. The van der Waals surface area contributed by atoms with E-state index in [4.69, 9.17) is 9.47 Å². The third-order valence-corrected chi connectivity index (χ3v) is 2.77. The van der Waals surface area contributed by atoms with E-state index in [1.807, 2.05) is 18.2 Å². The van der Waals surface area contributed by atoms with Crippen LogP contribution in [-0.4, -0.2) is 19.9 Å². The largest absolute Gasteiger partial charge is 0.496 e. The van der Waals surface area contributed by atoms with Gasteiger partial charge in [-0.25, -0.2) is 0 Å². The highest BCUT2D eigenvalue weighted by molar-refractivity contribution is 5.38. The van der Waals surface area contributed by atoms with E-state index in [9.17, 15) is 13.2 Å². The first kappa shape index (κ1) is 15.8. The highest BCUT2D eigenvalue weighted by Crippen LogP contribution is 2.26. The number of alkyl halides is 3. The zero-order valence-electron chi connectivity index (χ0n) is 11.4. The van der Waals surface area contributed by atoms with Crippen LogP contribution >= 0.6 is 0 Å². The Balaban J connectivity index is 2.58. The number of ether oxygens (including phenoxy) is 2. The number of rotatable bonds is 6. The van der Waals surface area contributed by atoms with Crippen LogP contribution in [-0.2, 0) is 11.3 Å². The van der Waals surface area contributed by atoms with Gasteiger partial charge in [-0.3, -0.25) is 0 Å². The molecule has 0 spiro atoms. The van der Waals surface area contributed by atoms with Gasteiger partial charge in [-0.1, -0.05) is 26.0 Å². The molecule has 1 aromatic rings. The SMILES string of the molecule is COc1cc(C(C)C)ccc1COCCC(F)(F)F. The normalized spacial score (nSPS) is 11.9. The number of benzene rings is 1. The van der Waals surface area contributed by atoms with E-state index < -0.39 is 12.6 Å². The maximum absolute atomic E-state index is 12.0. The minimum absolute atomic E-state index is 0.123. The predicted molar refractivity (Wildman–Crippen MR) is 67.4 cm³/mol. The summed E-state index contributed by atoms with van der Waals surface area (Å²) in [7, 11) is 1.54. The molecule has 0 unspecified atom stereocenters. The molecule has 0 aliphatic heterocycles. The van der Waals surface area contributed by atoms with Gasteiger partial charge in [0, 0.05) is 5.56 Å². The Morgan fingerprint density at radius 3 is 2.42 bits per heavy atom. The molecule has 0 fully saturated rings. The van der Waals surface area contributed by atoms with Gasteiger partial charge < -0.3 is 9.47 Å². The van der Waals surface area contributed by atoms with Crippen molar-refractivity contribution in [2.75, 3.05) is 13.7 Å². The predicted octanol–water partition coefficient (Wildman–Crippen LogP) is 4.29. The number of halogens is 3. The summed E-state index contributed by atoms with van der Waals surface area (Å²) >= 11 is 0. The molecule has 0 radical (unpaired) electrons. The van der Waals surface area contributed by atoms with Crippen LogP contribution in [0.3, 0.4) is 0 Å². The average Bonchev–Trinajstić information content (AvgIpc) is 2.33. The lowest BCUT2D eigenvalue weighted by molar-refractivity contribution is -0.146. The molecular formula is C14H19F3O2. The zero-order chi connectivity index (χ0) is 14.5. The lowest BCUT2D eigenvalue weighted by atomic mass is 10.0. The van der Waals surface area contributed by atoms with Gasteiger partial charge in [-0.05, 0) is 17.5 Å². The van der Waals surface area contributed by atoms with Gasteiger partial charge in [0.1, 0.15) is 5.75 Å². The molecule has 19 heavy (non-hydrogen) atoms. The van der Waals surface area contributed by atoms with Crippen LogP contribution in [0.4, 0.5) is 13.2 Å². The first-order valence-corrected chi connectivity index (χ1v) is 6.15. The number of methoxy groups -OCH3 is 1. The van der Waals surface area contributed by atoms with Gasteiger partial charge in [0.05, 0.1) is 26.7 Å². The molecule has 0 amide bonds. The molecule has 0 aliphatic carbocycles. The molecule has 0 saturated heterocycles. The molecule has 1 aromatic carbocycles. The standard InChI is InChI=1S/C14H19F3O2/c1-10(2)11-4-5-12(13(8-11)18-3)9-19-7-6-14(15,16)17/h4-5,8,10H,6-7,9H2,1-3H3. The van der Waals surface area contributed by atoms with Crippen molar-refractivity contribution < 1.29 is 22.6 Å². The van der Waals surface area contributed by atoms with E-state index in [1.165, 1.54) is 0 Å². The van der Waals surface area contributed by atoms with Crippen molar-refractivity contribution in [1.29, 1.82) is 0 Å². The van der Waals surface area contributed by atoms with Crippen molar-refractivity contribution in [2.24, 2.45) is 0 Å². The Bertz CT molecular complexity index is 400. The van der Waals surface area contributed by atoms with E-state index in [0.29, 0.717) is 11.7 Å². The molecule has 0 saturated carbocycles. The van der Waals surface area contributed by atoms with Crippen LogP contribution in [0.15, 0.2) is 18.2 Å². The fraction of sp³-hybridized carbons (Fsp3) is 0.571. The zero-order valence-corrected chi connectivity index (χ0v) is 11.4. The Morgan fingerprint density at radius 2 is 1.89 bits per heavy atom. The highest BCUT2D eigenvalue weighted by atomic mass is 19.4. The Kier molecular flexibility index (Phi) is 5.66. The molecule has 0 bridgehead atoms. The van der Waals surface area contributed by atoms with Gasteiger partial charge >= 0.3 is 6.18 Å². The second kappa shape index (κ2) is 6.80. The lowest BCUT2D eigenvalue weighted by Crippen LogP contribution is -2.11. The molecular weight excluding hydrogens is 257 g/mol. The van der Waals surface area contributed by atoms with Crippen molar-refractivity contribution >= 4 is 0 Å². The van der Waals surface area contributed by atoms with Gasteiger partial charge in [0.15, 0.2) is 0 Å². The topological polar surface area (TPSA) is 18.5 Å². The monoisotopic (exact) mass is 276 g/mol. The fourth-order valence-electron chi connectivity index (χ4n) is 1.61. The third-order valence-electron chi connectivity index (χ3n) is 2.77. The van der Waals surface area contributed by atoms with Crippen LogP contribution in [0.2, 0.25) is 0 Å². The van der Waals surface area contributed by atoms with E-state index in [-0.39, 0.29) is 13.2 Å². The van der Waals surface area contributed by atoms with Crippen LogP contribution in [0.1, 0.15) is 37.3 Å². The average molecular weight is 276 g/mol. The number of hydrogen-bond acceptors (Lipinski definition) is 2. The van der Waals surface area contributed by atoms with Gasteiger partial charge in [0.2, 0.25) is 0 Å². The maximum atomic E-state index is 12.0. The van der Waals surface area contributed by atoms with Crippen molar-refractivity contribution in [3.63, 3.8) is 0 Å². The molecule has 2 nitrogen and oxygen atoms in total. The summed E-state index contributed by atoms with van der Waals surface area (Å²) in [6, 6.07) is 5.67. The van der Waals surface area contributed by atoms with Gasteiger partial charge in [-0.2, -0.15) is 13.2 Å². The van der Waals surface area contributed by atoms with E-state index in [0.717, 1.165) is 11.1 Å². The third kappa shape index (κ3) is 5.51. The Hall–Kier alpha value is -1.23. The molecule has 0 N–H and O–H groups in total. The molecule has 5 heteroatoms. The van der Waals surface area contributed by atoms with Crippen molar-refractivity contribution in [3.8, 4) is 5.75 Å². The van der Waals surface area contributed by atoms with Crippen LogP contribution in [0.25, 0.3) is 0 Å². The minimum atomic E-state index is -4.18. The van der Waals surface area contributed by atoms with Crippen LogP contribution < -0.4 is 4.74 Å². The smallest absolute Gasteiger partial charge is 0.391 e. The van der Waals surface area contributed by atoms with E-state index in [1.54, 1.807) is 7.11 Å². The molecule has 0 heterocycles. The summed E-state index contributed by atoms with van der Waals surface area (Å²) in [5.74, 6) is 1.02. The second-order valence-corrected chi connectivity index (χ2v) is 4.64. The Morgan fingerprint density at radius 1 is 1.21 bits per heavy atom. The van der Waals surface area contributed by atoms with Crippen molar-refractivity contribution in [2.45, 2.75) is 39.0 Å². The van der Waals surface area contributed by atoms with Gasteiger partial charge in [0.25, 0.3) is 0 Å². The van der Waals surface area contributed by atoms with Gasteiger partial charge in [-0.15, -0.1) is 0 Å². The van der Waals surface area contributed by atoms with E-state index in [2.05, 4.69) is 13.8 Å². The molecule has 0 atom stereocenters. The van der Waals surface area contributed by atoms with Crippen LogP contribution in [0.5, 0.6) is 5.75 Å². The summed E-state index contributed by atoms with van der Waals surface area (Å²) in [6.45, 7) is 3.92. The minimum Gasteiger partial charge on any atom is -0.496 e. The van der Waals surface area contributed by atoms with Crippen molar-refractivity contribution in [1.82, 2.24) is 0 Å². The quantitative estimate of drug-likeness (QED) is 0.722. The summed E-state index contributed by atoms with van der Waals surface area (Å²) < 4.78 is 46.2. The summed E-state index contributed by atoms with van der Waals surface area (Å²) in [6.07, 6.45) is -5.11. The first-order chi connectivity index (χ1) is 8.83. The Labute approximate surface area is 111 Å². The maximum Gasteiger partial charge on any atom is 0.391 e. The molecule has 0 aliphatic rings. The molecule has 0 aromatic heterocycles. The summed E-state index contributed by atoms with van der Waals surface area (Å²) in [5, 5.41) is 0. The molecule has 1 rings (SSSR count). The van der Waals surface area contributed by atoms with Crippen molar-refractivity contribution in [3.05, 3.63) is 29.3 Å². The fourth-order valence-corrected chi connectivity index (χ4v) is 1.61. The number of hydrogen-bond donors (Lipinski definition) is 0. The molecule has 108 valence electrons. The summed E-state index contributed by atoms with van der Waals surface area (Å²) in [4.78, 5) is 0. The van der Waals surface area contributed by atoms with Crippen LogP contribution in [0, 0.1) is 0 Å². The second-order valence-electron chi connectivity index (χ2n) is 4.64. The summed E-state index contributed by atoms with van der Waals surface area (Å²) in [5.41, 5.74) is 1.88. The lowest BCUT2D eigenvalue weighted by Gasteiger charge is -2.13. The first-order valence-electron chi connectivity index (χ1n) is 6.15.